The second-order valence-electron chi connectivity index (χ2n) is 5.31. The van der Waals surface area contributed by atoms with Crippen molar-refractivity contribution >= 4 is 16.9 Å². The molecule has 126 valence electrons. The largest absolute Gasteiger partial charge is 0.508 e. The number of carbonyl (C=O) groups is 1. The van der Waals surface area contributed by atoms with Crippen LogP contribution in [0.1, 0.15) is 56.3 Å². The van der Waals surface area contributed by atoms with E-state index in [-0.39, 0.29) is 16.9 Å². The molecule has 0 unspecified atom stereocenters. The van der Waals surface area contributed by atoms with Crippen LogP contribution < -0.4 is 10.9 Å². The molecule has 1 aromatic carbocycles. The maximum Gasteiger partial charge on any atom is 0.349 e. The van der Waals surface area contributed by atoms with Gasteiger partial charge in [0.2, 0.25) is 0 Å². The Labute approximate surface area is 136 Å². The Balaban J connectivity index is 0.000000322. The number of rotatable bonds is 5. The zero-order chi connectivity index (χ0) is 17.2. The number of hydrogen-bond acceptors (Lipinski definition) is 4. The molecule has 2 rings (SSSR count). The maximum atomic E-state index is 11.4. The summed E-state index contributed by atoms with van der Waals surface area (Å²) in [6.07, 6.45) is 7.01. The summed E-state index contributed by atoms with van der Waals surface area (Å²) in [5.41, 5.74) is -0.532. The average molecular weight is 319 g/mol. The molecule has 5 heteroatoms. The minimum Gasteiger partial charge on any atom is -0.508 e. The standard InChI is InChI=1S/C11H9NO4.C7H16/c1-12-10(14)8-4-6-2-3-7(13)5-9(6)16-11(8)15;1-3-5-7-6-4-2/h2-5,13H,1H3,(H,12,14);3-7H2,1-2H3. The highest BCUT2D eigenvalue weighted by Crippen LogP contribution is 2.19. The Morgan fingerprint density at radius 2 is 1.78 bits per heavy atom. The van der Waals surface area contributed by atoms with E-state index < -0.39 is 11.5 Å². The average Bonchev–Trinajstić information content (AvgIpc) is 2.54. The van der Waals surface area contributed by atoms with E-state index in [1.807, 2.05) is 0 Å². The summed E-state index contributed by atoms with van der Waals surface area (Å²) in [6, 6.07) is 5.78. The number of phenols is 1. The molecule has 1 aromatic heterocycles. The van der Waals surface area contributed by atoms with Gasteiger partial charge in [-0.25, -0.2) is 4.79 Å². The van der Waals surface area contributed by atoms with E-state index in [2.05, 4.69) is 19.2 Å². The number of carbonyl (C=O) groups excluding carboxylic acids is 1. The predicted octanol–water partition coefficient (Wildman–Crippen LogP) is 3.83. The predicted molar refractivity (Wildman–Crippen MR) is 92.0 cm³/mol. The third kappa shape index (κ3) is 5.77. The zero-order valence-corrected chi connectivity index (χ0v) is 14.0. The summed E-state index contributed by atoms with van der Waals surface area (Å²) in [5, 5.41) is 12.1. The molecule has 0 aliphatic carbocycles. The van der Waals surface area contributed by atoms with Crippen LogP contribution in [-0.2, 0) is 0 Å². The molecule has 0 saturated heterocycles. The van der Waals surface area contributed by atoms with Crippen LogP contribution >= 0.6 is 0 Å². The molecular weight excluding hydrogens is 294 g/mol. The molecule has 0 saturated carbocycles. The lowest BCUT2D eigenvalue weighted by molar-refractivity contribution is 0.0959. The second-order valence-corrected chi connectivity index (χ2v) is 5.31. The van der Waals surface area contributed by atoms with E-state index in [4.69, 9.17) is 4.42 Å². The Morgan fingerprint density at radius 1 is 1.13 bits per heavy atom. The van der Waals surface area contributed by atoms with Gasteiger partial charge >= 0.3 is 5.63 Å². The van der Waals surface area contributed by atoms with Crippen molar-refractivity contribution < 1.29 is 14.3 Å². The summed E-state index contributed by atoms with van der Waals surface area (Å²) in [7, 11) is 1.43. The van der Waals surface area contributed by atoms with E-state index in [9.17, 15) is 14.7 Å². The first-order chi connectivity index (χ1) is 11.0. The summed E-state index contributed by atoms with van der Waals surface area (Å²) in [4.78, 5) is 22.8. The molecule has 1 heterocycles. The molecule has 2 N–H and O–H groups in total. The van der Waals surface area contributed by atoms with Crippen molar-refractivity contribution in [2.45, 2.75) is 46.0 Å². The fourth-order valence-electron chi connectivity index (χ4n) is 2.07. The van der Waals surface area contributed by atoms with Crippen LogP contribution in [0.4, 0.5) is 0 Å². The molecule has 0 spiro atoms. The molecular formula is C18H25NO4. The van der Waals surface area contributed by atoms with Crippen molar-refractivity contribution in [1.29, 1.82) is 0 Å². The fraction of sp³-hybridized carbons (Fsp3) is 0.444. The summed E-state index contributed by atoms with van der Waals surface area (Å²) in [5.74, 6) is -0.493. The van der Waals surface area contributed by atoms with Gasteiger partial charge in [0.25, 0.3) is 5.91 Å². The van der Waals surface area contributed by atoms with Gasteiger partial charge in [-0.1, -0.05) is 46.0 Å². The molecule has 23 heavy (non-hydrogen) atoms. The van der Waals surface area contributed by atoms with Gasteiger partial charge in [-0.05, 0) is 18.2 Å². The first kappa shape index (κ1) is 18.7. The third-order valence-electron chi connectivity index (χ3n) is 3.40. The molecule has 2 aromatic rings. The zero-order valence-electron chi connectivity index (χ0n) is 14.0. The number of amides is 1. The molecule has 0 fully saturated rings. The molecule has 1 amide bonds. The lowest BCUT2D eigenvalue weighted by atomic mass is 10.1. The number of fused-ring (bicyclic) bond motifs is 1. The van der Waals surface area contributed by atoms with E-state index >= 15 is 0 Å². The number of aromatic hydroxyl groups is 1. The quantitative estimate of drug-likeness (QED) is 0.648. The van der Waals surface area contributed by atoms with Crippen molar-refractivity contribution in [3.8, 4) is 5.75 Å². The van der Waals surface area contributed by atoms with Gasteiger partial charge in [0.15, 0.2) is 0 Å². The van der Waals surface area contributed by atoms with E-state index in [0.29, 0.717) is 5.39 Å². The molecule has 0 aliphatic heterocycles. The van der Waals surface area contributed by atoms with Crippen molar-refractivity contribution in [1.82, 2.24) is 5.32 Å². The maximum absolute atomic E-state index is 11.4. The van der Waals surface area contributed by atoms with Gasteiger partial charge in [-0.3, -0.25) is 4.79 Å². The van der Waals surface area contributed by atoms with E-state index in [1.165, 1.54) is 57.4 Å². The number of hydrogen-bond donors (Lipinski definition) is 2. The Bertz CT molecular complexity index is 687. The van der Waals surface area contributed by atoms with Crippen LogP contribution in [0.2, 0.25) is 0 Å². The summed E-state index contributed by atoms with van der Waals surface area (Å²) < 4.78 is 4.92. The lowest BCUT2D eigenvalue weighted by Gasteiger charge is -2.01. The fourth-order valence-corrected chi connectivity index (χ4v) is 2.07. The van der Waals surface area contributed by atoms with Gasteiger partial charge in [0.05, 0.1) is 0 Å². The van der Waals surface area contributed by atoms with Crippen LogP contribution in [-0.4, -0.2) is 18.1 Å². The second kappa shape index (κ2) is 9.66. The van der Waals surface area contributed by atoms with Crippen LogP contribution in [0, 0.1) is 0 Å². The first-order valence-corrected chi connectivity index (χ1v) is 8.02. The normalized spacial score (nSPS) is 10.0. The Kier molecular flexibility index (Phi) is 7.88. The van der Waals surface area contributed by atoms with Gasteiger partial charge in [-0.15, -0.1) is 0 Å². The lowest BCUT2D eigenvalue weighted by Crippen LogP contribution is -2.24. The highest BCUT2D eigenvalue weighted by Gasteiger charge is 2.11. The number of benzene rings is 1. The number of phenolic OH excluding ortho intramolecular Hbond substituents is 1. The smallest absolute Gasteiger partial charge is 0.349 e. The topological polar surface area (TPSA) is 79.5 Å². The molecule has 0 aliphatic rings. The van der Waals surface area contributed by atoms with Gasteiger partial charge < -0.3 is 14.8 Å². The van der Waals surface area contributed by atoms with Gasteiger partial charge in [0.1, 0.15) is 16.9 Å². The van der Waals surface area contributed by atoms with Crippen LogP contribution in [0.5, 0.6) is 5.75 Å². The highest BCUT2D eigenvalue weighted by molar-refractivity contribution is 5.96. The minimum absolute atomic E-state index is 0.00310. The number of nitrogens with one attached hydrogen (secondary N) is 1. The van der Waals surface area contributed by atoms with Gasteiger partial charge in [0, 0.05) is 18.5 Å². The Morgan fingerprint density at radius 3 is 2.35 bits per heavy atom. The molecule has 0 radical (unpaired) electrons. The van der Waals surface area contributed by atoms with Crippen LogP contribution in [0.25, 0.3) is 11.0 Å². The SMILES string of the molecule is CCCCCCC.CNC(=O)c1cc2ccc(O)cc2oc1=O. The minimum atomic E-state index is -0.725. The highest BCUT2D eigenvalue weighted by atomic mass is 16.4. The molecule has 0 bridgehead atoms. The first-order valence-electron chi connectivity index (χ1n) is 8.02. The van der Waals surface area contributed by atoms with Crippen LogP contribution in [0.15, 0.2) is 33.5 Å². The summed E-state index contributed by atoms with van der Waals surface area (Å²) >= 11 is 0. The summed E-state index contributed by atoms with van der Waals surface area (Å²) in [6.45, 7) is 4.49. The van der Waals surface area contributed by atoms with E-state index in [1.54, 1.807) is 6.07 Å². The van der Waals surface area contributed by atoms with Crippen molar-refractivity contribution in [2.24, 2.45) is 0 Å². The molecule has 0 atom stereocenters. The Hall–Kier alpha value is -2.30. The van der Waals surface area contributed by atoms with Crippen molar-refractivity contribution in [3.63, 3.8) is 0 Å². The van der Waals surface area contributed by atoms with E-state index in [0.717, 1.165) is 0 Å². The van der Waals surface area contributed by atoms with Crippen LogP contribution in [0.3, 0.4) is 0 Å². The number of unbranched alkanes of at least 4 members (excludes halogenated alkanes) is 4. The third-order valence-corrected chi connectivity index (χ3v) is 3.40. The van der Waals surface area contributed by atoms with Gasteiger partial charge in [-0.2, -0.15) is 0 Å². The molecule has 5 nitrogen and oxygen atoms in total. The van der Waals surface area contributed by atoms with Crippen molar-refractivity contribution in [2.75, 3.05) is 7.05 Å². The monoisotopic (exact) mass is 319 g/mol. The van der Waals surface area contributed by atoms with Crippen molar-refractivity contribution in [3.05, 3.63) is 40.2 Å².